The molecule has 0 fully saturated rings. The zero-order chi connectivity index (χ0) is 15.4. The molecule has 21 heavy (non-hydrogen) atoms. The minimum absolute atomic E-state index is 0.165. The number of rotatable bonds is 4. The molecule has 0 heterocycles. The van der Waals surface area contributed by atoms with Crippen LogP contribution in [-0.2, 0) is 6.54 Å². The van der Waals surface area contributed by atoms with Crippen molar-refractivity contribution in [2.24, 2.45) is 0 Å². The Labute approximate surface area is 129 Å². The van der Waals surface area contributed by atoms with Crippen LogP contribution in [-0.4, -0.2) is 13.0 Å². The fraction of sp³-hybridized carbons (Fsp3) is 0.133. The largest absolute Gasteiger partial charge is 0.378 e. The highest BCUT2D eigenvalue weighted by Crippen LogP contribution is 2.27. The topological polar surface area (TPSA) is 41.1 Å². The number of amides is 1. The monoisotopic (exact) mass is 354 g/mol. The van der Waals surface area contributed by atoms with E-state index >= 15 is 0 Å². The summed E-state index contributed by atoms with van der Waals surface area (Å²) in [6.07, 6.45) is 0. The van der Waals surface area contributed by atoms with Crippen LogP contribution >= 0.6 is 15.9 Å². The van der Waals surface area contributed by atoms with E-state index in [1.54, 1.807) is 31.3 Å². The van der Waals surface area contributed by atoms with Gasteiger partial charge in [0, 0.05) is 29.7 Å². The molecule has 0 saturated heterocycles. The van der Waals surface area contributed by atoms with Crippen LogP contribution in [0.4, 0.5) is 14.5 Å². The molecule has 2 aromatic carbocycles. The lowest BCUT2D eigenvalue weighted by Gasteiger charge is -2.10. The van der Waals surface area contributed by atoms with Gasteiger partial charge in [0.2, 0.25) is 0 Å². The second-order valence-electron chi connectivity index (χ2n) is 4.37. The summed E-state index contributed by atoms with van der Waals surface area (Å²) in [6, 6.07) is 8.93. The molecular weight excluding hydrogens is 342 g/mol. The van der Waals surface area contributed by atoms with Gasteiger partial charge in [0.1, 0.15) is 11.6 Å². The molecule has 0 unspecified atom stereocenters. The van der Waals surface area contributed by atoms with Crippen LogP contribution < -0.4 is 10.6 Å². The molecule has 110 valence electrons. The van der Waals surface area contributed by atoms with E-state index in [9.17, 15) is 13.6 Å². The normalized spacial score (nSPS) is 10.3. The standard InChI is InChI=1S/C15H13BrF2N2O/c1-19-15(21)10-4-2-9(3-5-10)8-20-14-12(16)6-11(17)7-13(14)18/h2-7,20H,8H2,1H3,(H,19,21). The number of carbonyl (C=O) groups excluding carboxylic acids is 1. The van der Waals surface area contributed by atoms with Crippen LogP contribution in [0.1, 0.15) is 15.9 Å². The summed E-state index contributed by atoms with van der Waals surface area (Å²) in [5, 5.41) is 5.43. The number of nitrogens with one attached hydrogen (secondary N) is 2. The summed E-state index contributed by atoms with van der Waals surface area (Å²) in [7, 11) is 1.56. The van der Waals surface area contributed by atoms with Gasteiger partial charge < -0.3 is 10.6 Å². The molecule has 0 aliphatic carbocycles. The molecule has 0 saturated carbocycles. The first-order valence-corrected chi connectivity index (χ1v) is 7.00. The van der Waals surface area contributed by atoms with Gasteiger partial charge in [-0.25, -0.2) is 8.78 Å². The number of anilines is 1. The Balaban J connectivity index is 2.08. The van der Waals surface area contributed by atoms with E-state index in [-0.39, 0.29) is 11.6 Å². The van der Waals surface area contributed by atoms with Gasteiger partial charge in [-0.2, -0.15) is 0 Å². The van der Waals surface area contributed by atoms with Crippen LogP contribution in [0.15, 0.2) is 40.9 Å². The molecule has 0 aliphatic rings. The van der Waals surface area contributed by atoms with Gasteiger partial charge >= 0.3 is 0 Å². The summed E-state index contributed by atoms with van der Waals surface area (Å²) in [5.74, 6) is -1.47. The second kappa shape index (κ2) is 6.67. The van der Waals surface area contributed by atoms with Gasteiger partial charge in [0.25, 0.3) is 5.91 Å². The third-order valence-corrected chi connectivity index (χ3v) is 3.54. The van der Waals surface area contributed by atoms with Gasteiger partial charge in [-0.15, -0.1) is 0 Å². The van der Waals surface area contributed by atoms with E-state index < -0.39 is 11.6 Å². The Morgan fingerprint density at radius 2 is 1.86 bits per heavy atom. The molecule has 1 amide bonds. The minimum atomic E-state index is -0.663. The molecule has 0 radical (unpaired) electrons. The van der Waals surface area contributed by atoms with Crippen LogP contribution in [0.2, 0.25) is 0 Å². The Morgan fingerprint density at radius 3 is 2.43 bits per heavy atom. The van der Waals surface area contributed by atoms with Gasteiger partial charge in [0.05, 0.1) is 5.69 Å². The van der Waals surface area contributed by atoms with E-state index in [1.165, 1.54) is 6.07 Å². The third kappa shape index (κ3) is 3.78. The predicted octanol–water partition coefficient (Wildman–Crippen LogP) is 3.70. The zero-order valence-corrected chi connectivity index (χ0v) is 12.8. The maximum Gasteiger partial charge on any atom is 0.251 e. The van der Waals surface area contributed by atoms with E-state index in [2.05, 4.69) is 26.6 Å². The van der Waals surface area contributed by atoms with Crippen LogP contribution in [0.3, 0.4) is 0 Å². The molecule has 0 atom stereocenters. The van der Waals surface area contributed by atoms with E-state index in [1.807, 2.05) is 0 Å². The van der Waals surface area contributed by atoms with E-state index in [4.69, 9.17) is 0 Å². The quantitative estimate of drug-likeness (QED) is 0.878. The molecule has 6 heteroatoms. The molecule has 0 bridgehead atoms. The number of hydrogen-bond acceptors (Lipinski definition) is 2. The smallest absolute Gasteiger partial charge is 0.251 e. The SMILES string of the molecule is CNC(=O)c1ccc(CNc2c(F)cc(F)cc2Br)cc1. The second-order valence-corrected chi connectivity index (χ2v) is 5.23. The maximum atomic E-state index is 13.6. The van der Waals surface area contributed by atoms with Crippen molar-refractivity contribution in [1.82, 2.24) is 5.32 Å². The zero-order valence-electron chi connectivity index (χ0n) is 11.2. The van der Waals surface area contributed by atoms with Gasteiger partial charge in [-0.05, 0) is 39.7 Å². The summed E-state index contributed by atoms with van der Waals surface area (Å²) in [6.45, 7) is 0.356. The summed E-state index contributed by atoms with van der Waals surface area (Å²) in [5.41, 5.74) is 1.63. The van der Waals surface area contributed by atoms with Crippen molar-refractivity contribution in [2.75, 3.05) is 12.4 Å². The first-order chi connectivity index (χ1) is 10.0. The van der Waals surface area contributed by atoms with Crippen molar-refractivity contribution in [3.63, 3.8) is 0 Å². The number of hydrogen-bond donors (Lipinski definition) is 2. The molecule has 0 aromatic heterocycles. The lowest BCUT2D eigenvalue weighted by atomic mass is 10.1. The molecular formula is C15H13BrF2N2O. The Bertz CT molecular complexity index is 636. The van der Waals surface area contributed by atoms with Crippen molar-refractivity contribution in [1.29, 1.82) is 0 Å². The van der Waals surface area contributed by atoms with Crippen molar-refractivity contribution in [3.05, 3.63) is 63.6 Å². The minimum Gasteiger partial charge on any atom is -0.378 e. The lowest BCUT2D eigenvalue weighted by molar-refractivity contribution is 0.0963. The summed E-state index contributed by atoms with van der Waals surface area (Å²) in [4.78, 5) is 11.4. The molecule has 2 rings (SSSR count). The highest BCUT2D eigenvalue weighted by atomic mass is 79.9. The number of halogens is 3. The van der Waals surface area contributed by atoms with Gasteiger partial charge in [-0.3, -0.25) is 4.79 Å². The molecule has 2 aromatic rings. The molecule has 2 N–H and O–H groups in total. The highest BCUT2D eigenvalue weighted by Gasteiger charge is 2.09. The fourth-order valence-electron chi connectivity index (χ4n) is 1.82. The fourth-order valence-corrected chi connectivity index (χ4v) is 2.37. The third-order valence-electron chi connectivity index (χ3n) is 2.92. The number of carbonyl (C=O) groups is 1. The van der Waals surface area contributed by atoms with Gasteiger partial charge in [-0.1, -0.05) is 12.1 Å². The Kier molecular flexibility index (Phi) is 4.90. The lowest BCUT2D eigenvalue weighted by Crippen LogP contribution is -2.17. The van der Waals surface area contributed by atoms with E-state index in [0.717, 1.165) is 11.6 Å². The predicted molar refractivity (Wildman–Crippen MR) is 81.2 cm³/mol. The number of benzene rings is 2. The van der Waals surface area contributed by atoms with Crippen molar-refractivity contribution < 1.29 is 13.6 Å². The Morgan fingerprint density at radius 1 is 1.19 bits per heavy atom. The summed E-state index contributed by atoms with van der Waals surface area (Å²) >= 11 is 3.12. The molecule has 0 aliphatic heterocycles. The van der Waals surface area contributed by atoms with Crippen LogP contribution in [0.25, 0.3) is 0 Å². The molecule has 3 nitrogen and oxygen atoms in total. The molecule has 0 spiro atoms. The maximum absolute atomic E-state index is 13.6. The van der Waals surface area contributed by atoms with Crippen LogP contribution in [0.5, 0.6) is 0 Å². The first-order valence-electron chi connectivity index (χ1n) is 6.20. The first kappa shape index (κ1) is 15.4. The van der Waals surface area contributed by atoms with Crippen molar-refractivity contribution in [3.8, 4) is 0 Å². The van der Waals surface area contributed by atoms with Gasteiger partial charge in [0.15, 0.2) is 0 Å². The van der Waals surface area contributed by atoms with Crippen molar-refractivity contribution >= 4 is 27.5 Å². The summed E-state index contributed by atoms with van der Waals surface area (Å²) < 4.78 is 27.0. The van der Waals surface area contributed by atoms with Crippen molar-refractivity contribution in [2.45, 2.75) is 6.54 Å². The highest BCUT2D eigenvalue weighted by molar-refractivity contribution is 9.10. The van der Waals surface area contributed by atoms with E-state index in [0.29, 0.717) is 16.6 Å². The van der Waals surface area contributed by atoms with Crippen LogP contribution in [0, 0.1) is 11.6 Å². The Hall–Kier alpha value is -1.95. The average Bonchev–Trinajstić information content (AvgIpc) is 2.46. The average molecular weight is 355 g/mol.